The molecule has 18 heavy (non-hydrogen) atoms. The first kappa shape index (κ1) is 12.8. The van der Waals surface area contributed by atoms with Gasteiger partial charge in [0, 0.05) is 24.6 Å². The number of carbonyl (C=O) groups is 1. The van der Waals surface area contributed by atoms with Crippen molar-refractivity contribution in [3.63, 3.8) is 0 Å². The molecule has 0 aliphatic rings. The Morgan fingerprint density at radius 1 is 1.44 bits per heavy atom. The first-order valence-electron chi connectivity index (χ1n) is 5.51. The summed E-state index contributed by atoms with van der Waals surface area (Å²) in [5.41, 5.74) is 0.453. The Morgan fingerprint density at radius 2 is 2.22 bits per heavy atom. The minimum Gasteiger partial charge on any atom is -0.298 e. The molecule has 1 aromatic heterocycles. The average molecular weight is 264 g/mol. The molecular formula is C13H13FN2OS. The molecule has 2 rings (SSSR count). The third kappa shape index (κ3) is 3.43. The quantitative estimate of drug-likeness (QED) is 0.778. The second kappa shape index (κ2) is 5.82. The fourth-order valence-corrected chi connectivity index (χ4v) is 2.32. The van der Waals surface area contributed by atoms with Gasteiger partial charge >= 0.3 is 0 Å². The van der Waals surface area contributed by atoms with Crippen LogP contribution in [-0.4, -0.2) is 21.3 Å². The summed E-state index contributed by atoms with van der Waals surface area (Å²) >= 11 is 1.42. The van der Waals surface area contributed by atoms with Crippen molar-refractivity contribution in [2.75, 3.05) is 5.75 Å². The van der Waals surface area contributed by atoms with E-state index in [4.69, 9.17) is 0 Å². The van der Waals surface area contributed by atoms with E-state index in [9.17, 15) is 9.18 Å². The van der Waals surface area contributed by atoms with Crippen molar-refractivity contribution >= 4 is 17.5 Å². The third-order valence-electron chi connectivity index (χ3n) is 2.43. The van der Waals surface area contributed by atoms with Crippen LogP contribution in [0.2, 0.25) is 0 Å². The highest BCUT2D eigenvalue weighted by atomic mass is 32.2. The van der Waals surface area contributed by atoms with Crippen LogP contribution in [0.15, 0.2) is 41.6 Å². The number of rotatable bonds is 5. The van der Waals surface area contributed by atoms with Crippen LogP contribution in [0.3, 0.4) is 0 Å². The maximum absolute atomic E-state index is 13.3. The number of aryl methyl sites for hydroxylation is 1. The van der Waals surface area contributed by atoms with Gasteiger partial charge in [0.25, 0.3) is 0 Å². The van der Waals surface area contributed by atoms with E-state index in [-0.39, 0.29) is 18.0 Å². The standard InChI is InChI=1S/C13H13FN2OS/c1-16-8-12(7-15-16)18-9-11(17)6-10-4-2-3-5-13(10)14/h2-5,7-8H,6,9H2,1H3. The predicted octanol–water partition coefficient (Wildman–Crippen LogP) is 2.46. The highest BCUT2D eigenvalue weighted by Gasteiger charge is 2.08. The molecule has 3 nitrogen and oxygen atoms in total. The van der Waals surface area contributed by atoms with E-state index in [1.807, 2.05) is 13.2 Å². The summed E-state index contributed by atoms with van der Waals surface area (Å²) < 4.78 is 15.0. The van der Waals surface area contributed by atoms with Gasteiger partial charge in [0.1, 0.15) is 11.6 Å². The number of hydrogen-bond acceptors (Lipinski definition) is 3. The summed E-state index contributed by atoms with van der Waals surface area (Å²) in [4.78, 5) is 12.7. The number of halogens is 1. The van der Waals surface area contributed by atoms with E-state index in [2.05, 4.69) is 5.10 Å². The van der Waals surface area contributed by atoms with Crippen LogP contribution in [0.25, 0.3) is 0 Å². The topological polar surface area (TPSA) is 34.9 Å². The molecule has 0 atom stereocenters. The molecule has 0 saturated heterocycles. The van der Waals surface area contributed by atoms with Crippen molar-refractivity contribution in [2.24, 2.45) is 7.05 Å². The van der Waals surface area contributed by atoms with Crippen LogP contribution < -0.4 is 0 Å². The lowest BCUT2D eigenvalue weighted by atomic mass is 10.1. The van der Waals surface area contributed by atoms with E-state index < -0.39 is 0 Å². The zero-order valence-electron chi connectivity index (χ0n) is 9.97. The first-order valence-corrected chi connectivity index (χ1v) is 6.50. The summed E-state index contributed by atoms with van der Waals surface area (Å²) in [6.07, 6.45) is 3.70. The number of benzene rings is 1. The minimum absolute atomic E-state index is 0.00829. The molecule has 0 spiro atoms. The lowest BCUT2D eigenvalue weighted by molar-refractivity contribution is -0.116. The minimum atomic E-state index is -0.322. The predicted molar refractivity (Wildman–Crippen MR) is 69.0 cm³/mol. The Bertz CT molecular complexity index is 553. The van der Waals surface area contributed by atoms with Crippen molar-refractivity contribution in [1.82, 2.24) is 9.78 Å². The molecule has 0 N–H and O–H groups in total. The van der Waals surface area contributed by atoms with E-state index >= 15 is 0 Å². The molecule has 0 aliphatic carbocycles. The third-order valence-corrected chi connectivity index (χ3v) is 3.44. The monoisotopic (exact) mass is 264 g/mol. The van der Waals surface area contributed by atoms with E-state index in [0.29, 0.717) is 11.3 Å². The number of thioether (sulfide) groups is 1. The molecule has 2 aromatic rings. The molecule has 5 heteroatoms. The van der Waals surface area contributed by atoms with Crippen molar-refractivity contribution < 1.29 is 9.18 Å². The molecule has 1 heterocycles. The van der Waals surface area contributed by atoms with Crippen LogP contribution in [0.4, 0.5) is 4.39 Å². The zero-order chi connectivity index (χ0) is 13.0. The first-order chi connectivity index (χ1) is 8.65. The van der Waals surface area contributed by atoms with Crippen LogP contribution in [0.5, 0.6) is 0 Å². The summed E-state index contributed by atoms with van der Waals surface area (Å²) in [6, 6.07) is 6.37. The van der Waals surface area contributed by atoms with Crippen LogP contribution in [0, 0.1) is 5.82 Å². The van der Waals surface area contributed by atoms with Crippen LogP contribution in [-0.2, 0) is 18.3 Å². The van der Waals surface area contributed by atoms with Gasteiger partial charge in [-0.05, 0) is 11.6 Å². The molecule has 1 aromatic carbocycles. The van der Waals surface area contributed by atoms with E-state index in [1.54, 1.807) is 29.1 Å². The van der Waals surface area contributed by atoms with Gasteiger partial charge in [-0.15, -0.1) is 11.8 Å². The summed E-state index contributed by atoms with van der Waals surface area (Å²) in [7, 11) is 1.82. The van der Waals surface area contributed by atoms with Crippen LogP contribution >= 0.6 is 11.8 Å². The number of aromatic nitrogens is 2. The summed E-state index contributed by atoms with van der Waals surface area (Å²) in [5.74, 6) is 0.0196. The Labute approximate surface area is 109 Å². The highest BCUT2D eigenvalue weighted by Crippen LogP contribution is 2.17. The molecule has 0 fully saturated rings. The van der Waals surface area contributed by atoms with Gasteiger partial charge < -0.3 is 0 Å². The Balaban J connectivity index is 1.88. The second-order valence-electron chi connectivity index (χ2n) is 3.95. The van der Waals surface area contributed by atoms with Crippen molar-refractivity contribution in [1.29, 1.82) is 0 Å². The molecule has 0 unspecified atom stereocenters. The highest BCUT2D eigenvalue weighted by molar-refractivity contribution is 8.00. The molecule has 0 radical (unpaired) electrons. The van der Waals surface area contributed by atoms with Crippen LogP contribution in [0.1, 0.15) is 5.56 Å². The number of carbonyl (C=O) groups excluding carboxylic acids is 1. The summed E-state index contributed by atoms with van der Waals surface area (Å²) in [6.45, 7) is 0. The maximum Gasteiger partial charge on any atom is 0.147 e. The van der Waals surface area contributed by atoms with E-state index in [1.165, 1.54) is 17.8 Å². The van der Waals surface area contributed by atoms with Gasteiger partial charge in [0.15, 0.2) is 0 Å². The summed E-state index contributed by atoms with van der Waals surface area (Å²) in [5, 5.41) is 4.02. The average Bonchev–Trinajstić information content (AvgIpc) is 2.76. The van der Waals surface area contributed by atoms with Gasteiger partial charge in [0.2, 0.25) is 0 Å². The maximum atomic E-state index is 13.3. The molecule has 94 valence electrons. The van der Waals surface area contributed by atoms with Gasteiger partial charge in [-0.2, -0.15) is 5.10 Å². The molecular weight excluding hydrogens is 251 g/mol. The van der Waals surface area contributed by atoms with Crippen molar-refractivity contribution in [3.05, 3.63) is 48.0 Å². The van der Waals surface area contributed by atoms with Gasteiger partial charge in [0.05, 0.1) is 11.9 Å². The number of ketones is 1. The van der Waals surface area contributed by atoms with Gasteiger partial charge in [-0.3, -0.25) is 9.48 Å². The SMILES string of the molecule is Cn1cc(SCC(=O)Cc2ccccc2F)cn1. The normalized spacial score (nSPS) is 10.6. The molecule has 0 aliphatic heterocycles. The van der Waals surface area contributed by atoms with Gasteiger partial charge in [-0.25, -0.2) is 4.39 Å². The largest absolute Gasteiger partial charge is 0.298 e. The Hall–Kier alpha value is -1.62. The lowest BCUT2D eigenvalue weighted by Crippen LogP contribution is -2.06. The number of Topliss-reactive ketones (excluding diaryl/α,β-unsaturated/α-hetero) is 1. The zero-order valence-corrected chi connectivity index (χ0v) is 10.8. The number of hydrogen-bond donors (Lipinski definition) is 0. The van der Waals surface area contributed by atoms with Crippen molar-refractivity contribution in [2.45, 2.75) is 11.3 Å². The Kier molecular flexibility index (Phi) is 4.15. The number of nitrogens with zero attached hydrogens (tertiary/aromatic N) is 2. The fourth-order valence-electron chi connectivity index (χ4n) is 1.54. The second-order valence-corrected chi connectivity index (χ2v) is 4.99. The van der Waals surface area contributed by atoms with Gasteiger partial charge in [-0.1, -0.05) is 18.2 Å². The molecule has 0 amide bonds. The van der Waals surface area contributed by atoms with Crippen molar-refractivity contribution in [3.8, 4) is 0 Å². The van der Waals surface area contributed by atoms with E-state index in [0.717, 1.165) is 4.90 Å². The Morgan fingerprint density at radius 3 is 2.89 bits per heavy atom. The fraction of sp³-hybridized carbons (Fsp3) is 0.231. The molecule has 0 saturated carbocycles. The molecule has 0 bridgehead atoms. The smallest absolute Gasteiger partial charge is 0.147 e. The lowest BCUT2D eigenvalue weighted by Gasteiger charge is -2.01.